The summed E-state index contributed by atoms with van der Waals surface area (Å²) in [6.45, 7) is 9.39. The van der Waals surface area contributed by atoms with Crippen molar-refractivity contribution in [2.24, 2.45) is 0 Å². The van der Waals surface area contributed by atoms with E-state index < -0.39 is 0 Å². The Morgan fingerprint density at radius 3 is 1.43 bits per heavy atom. The van der Waals surface area contributed by atoms with E-state index in [0.29, 0.717) is 12.0 Å². The van der Waals surface area contributed by atoms with E-state index in [2.05, 4.69) is 49.6 Å². The molecule has 0 amide bonds. The van der Waals surface area contributed by atoms with E-state index in [1.54, 1.807) is 0 Å². The van der Waals surface area contributed by atoms with Crippen molar-refractivity contribution in [3.8, 4) is 0 Å². The van der Waals surface area contributed by atoms with Gasteiger partial charge in [-0.3, -0.25) is 0 Å². The van der Waals surface area contributed by atoms with Crippen molar-refractivity contribution in [3.63, 3.8) is 0 Å². The molecule has 206 valence electrons. The normalized spacial score (nSPS) is 13.4. The van der Waals surface area contributed by atoms with Crippen molar-refractivity contribution >= 4 is 0 Å². The van der Waals surface area contributed by atoms with Crippen LogP contribution in [0.4, 0.5) is 0 Å². The fourth-order valence-electron chi connectivity index (χ4n) is 5.78. The Bertz CT molecular complexity index is 549. The van der Waals surface area contributed by atoms with Gasteiger partial charge in [-0.25, -0.2) is 9.55 Å². The van der Waals surface area contributed by atoms with E-state index in [-0.39, 0.29) is 0 Å². The van der Waals surface area contributed by atoms with Crippen molar-refractivity contribution in [3.05, 3.63) is 18.2 Å². The van der Waals surface area contributed by atoms with Gasteiger partial charge in [0.2, 0.25) is 0 Å². The minimum atomic E-state index is 0.623. The number of rotatable bonds is 26. The molecule has 0 fully saturated rings. The van der Waals surface area contributed by atoms with Gasteiger partial charge in [0, 0.05) is 0 Å². The van der Waals surface area contributed by atoms with Crippen LogP contribution in [0.5, 0.6) is 0 Å². The molecule has 2 heteroatoms. The second-order valence-electron chi connectivity index (χ2n) is 11.5. The third kappa shape index (κ3) is 16.6. The molecule has 0 aliphatic rings. The van der Waals surface area contributed by atoms with Crippen LogP contribution in [0.25, 0.3) is 0 Å². The van der Waals surface area contributed by atoms with Crippen molar-refractivity contribution in [1.29, 1.82) is 0 Å². The van der Waals surface area contributed by atoms with Crippen LogP contribution in [0.3, 0.4) is 0 Å². The van der Waals surface area contributed by atoms with Crippen molar-refractivity contribution < 1.29 is 4.57 Å². The number of unbranched alkanes of at least 4 members (excludes halogenated alkanes) is 18. The minimum absolute atomic E-state index is 0.623. The number of nitrogens with zero attached hydrogens (tertiary/aromatic N) is 1. The monoisotopic (exact) mass is 490 g/mol. The molecule has 1 heterocycles. The maximum atomic E-state index is 3.66. The maximum absolute atomic E-state index is 3.66. The minimum Gasteiger partial charge on any atom is -0.247 e. The highest BCUT2D eigenvalue weighted by atomic mass is 15.1. The highest BCUT2D eigenvalue weighted by molar-refractivity contribution is 4.90. The summed E-state index contributed by atoms with van der Waals surface area (Å²) in [5, 5.41) is 0. The standard InChI is InChI=1S/C33H64N2/c1-5-8-10-12-14-15-16-17-18-19-21-23-25-28-32(26-7-3)33-34-29-30-35(33)31(4)27-24-22-20-13-11-9-6-2/h29-32H,5-28H2,1-4H3/p+1. The molecular weight excluding hydrogens is 424 g/mol. The lowest BCUT2D eigenvalue weighted by molar-refractivity contribution is -0.727. The number of hydrogen-bond acceptors (Lipinski definition) is 0. The number of aromatic nitrogens is 2. The van der Waals surface area contributed by atoms with Crippen molar-refractivity contribution in [1.82, 2.24) is 4.98 Å². The molecular formula is C33H65N2+. The van der Waals surface area contributed by atoms with Gasteiger partial charge < -0.3 is 0 Å². The fourth-order valence-corrected chi connectivity index (χ4v) is 5.78. The molecule has 0 bridgehead atoms. The Morgan fingerprint density at radius 2 is 0.971 bits per heavy atom. The van der Waals surface area contributed by atoms with Gasteiger partial charge in [0.15, 0.2) is 0 Å². The zero-order valence-corrected chi connectivity index (χ0v) is 24.7. The van der Waals surface area contributed by atoms with Crippen LogP contribution in [0.1, 0.15) is 200 Å². The molecule has 2 unspecified atom stereocenters. The summed E-state index contributed by atoms with van der Waals surface area (Å²) in [4.78, 5) is 3.66. The molecule has 1 rings (SSSR count). The summed E-state index contributed by atoms with van der Waals surface area (Å²) >= 11 is 0. The molecule has 1 aromatic heterocycles. The summed E-state index contributed by atoms with van der Waals surface area (Å²) in [5.41, 5.74) is 0. The molecule has 0 aromatic carbocycles. The molecule has 2 nitrogen and oxygen atoms in total. The van der Waals surface area contributed by atoms with Crippen LogP contribution in [-0.4, -0.2) is 4.98 Å². The zero-order valence-electron chi connectivity index (χ0n) is 24.7. The van der Waals surface area contributed by atoms with Crippen LogP contribution >= 0.6 is 0 Å². The average molecular weight is 490 g/mol. The molecule has 1 N–H and O–H groups in total. The summed E-state index contributed by atoms with van der Waals surface area (Å²) in [5.74, 6) is 2.21. The lowest BCUT2D eigenvalue weighted by Crippen LogP contribution is -2.41. The van der Waals surface area contributed by atoms with Gasteiger partial charge in [-0.1, -0.05) is 149 Å². The maximum Gasteiger partial charge on any atom is 0.257 e. The predicted molar refractivity (Wildman–Crippen MR) is 156 cm³/mol. The number of nitrogens with one attached hydrogen (secondary N) is 1. The highest BCUT2D eigenvalue weighted by Gasteiger charge is 2.24. The zero-order chi connectivity index (χ0) is 25.4. The fraction of sp³-hybridized carbons (Fsp3) is 0.909. The average Bonchev–Trinajstić information content (AvgIpc) is 3.35. The van der Waals surface area contributed by atoms with Crippen LogP contribution < -0.4 is 4.57 Å². The SMILES string of the molecule is CCCCCCCCCCCCCCCC(CCC)c1[nH]cc[n+]1C(C)CCCCCCCCC. The van der Waals surface area contributed by atoms with Gasteiger partial charge in [0.05, 0.1) is 12.0 Å². The number of H-pyrrole nitrogens is 1. The number of hydrogen-bond donors (Lipinski definition) is 1. The first-order valence-electron chi connectivity index (χ1n) is 16.3. The summed E-state index contributed by atoms with van der Waals surface area (Å²) in [6.07, 6.45) is 38.4. The van der Waals surface area contributed by atoms with E-state index in [4.69, 9.17) is 0 Å². The molecule has 0 spiro atoms. The van der Waals surface area contributed by atoms with Crippen LogP contribution in [-0.2, 0) is 0 Å². The molecule has 0 radical (unpaired) electrons. The molecule has 1 aromatic rings. The van der Waals surface area contributed by atoms with Crippen molar-refractivity contribution in [2.45, 2.75) is 194 Å². The predicted octanol–water partition coefficient (Wildman–Crippen LogP) is 11.4. The molecule has 0 aliphatic heterocycles. The van der Waals surface area contributed by atoms with Crippen LogP contribution in [0.2, 0.25) is 0 Å². The first-order chi connectivity index (χ1) is 17.2. The van der Waals surface area contributed by atoms with Gasteiger partial charge in [0.25, 0.3) is 5.82 Å². The van der Waals surface area contributed by atoms with Gasteiger partial charge >= 0.3 is 0 Å². The van der Waals surface area contributed by atoms with Gasteiger partial charge in [0.1, 0.15) is 12.4 Å². The summed E-state index contributed by atoms with van der Waals surface area (Å²) in [7, 11) is 0. The van der Waals surface area contributed by atoms with Gasteiger partial charge in [-0.15, -0.1) is 0 Å². The lowest BCUT2D eigenvalue weighted by Gasteiger charge is -2.16. The third-order valence-electron chi connectivity index (χ3n) is 8.12. The first-order valence-corrected chi connectivity index (χ1v) is 16.3. The van der Waals surface area contributed by atoms with Gasteiger partial charge in [-0.2, -0.15) is 0 Å². The number of imidazole rings is 1. The lowest BCUT2D eigenvalue weighted by atomic mass is 9.94. The molecule has 0 saturated carbocycles. The smallest absolute Gasteiger partial charge is 0.247 e. The van der Waals surface area contributed by atoms with Crippen LogP contribution in [0.15, 0.2) is 12.4 Å². The highest BCUT2D eigenvalue weighted by Crippen LogP contribution is 2.26. The van der Waals surface area contributed by atoms with E-state index in [0.717, 1.165) is 0 Å². The van der Waals surface area contributed by atoms with E-state index >= 15 is 0 Å². The molecule has 0 aliphatic carbocycles. The Morgan fingerprint density at radius 1 is 0.543 bits per heavy atom. The van der Waals surface area contributed by atoms with E-state index in [1.165, 1.54) is 160 Å². The first kappa shape index (κ1) is 32.2. The van der Waals surface area contributed by atoms with E-state index in [9.17, 15) is 0 Å². The number of aromatic amines is 1. The Kier molecular flexibility index (Phi) is 21.7. The summed E-state index contributed by atoms with van der Waals surface area (Å²) < 4.78 is 2.58. The molecule has 2 atom stereocenters. The summed E-state index contributed by atoms with van der Waals surface area (Å²) in [6, 6.07) is 0.623. The molecule has 0 saturated heterocycles. The van der Waals surface area contributed by atoms with Crippen molar-refractivity contribution in [2.75, 3.05) is 0 Å². The quantitative estimate of drug-likeness (QED) is 0.0985. The second-order valence-corrected chi connectivity index (χ2v) is 11.5. The van der Waals surface area contributed by atoms with E-state index in [1.807, 2.05) is 0 Å². The topological polar surface area (TPSA) is 19.7 Å². The Labute approximate surface area is 221 Å². The Balaban J connectivity index is 2.21. The largest absolute Gasteiger partial charge is 0.257 e. The third-order valence-corrected chi connectivity index (χ3v) is 8.12. The molecule has 35 heavy (non-hydrogen) atoms. The second kappa shape index (κ2) is 23.6. The van der Waals surface area contributed by atoms with Gasteiger partial charge in [-0.05, 0) is 32.6 Å². The van der Waals surface area contributed by atoms with Crippen LogP contribution in [0, 0.1) is 0 Å². The Hall–Kier alpha value is -0.790.